The van der Waals surface area contributed by atoms with Gasteiger partial charge in [0.15, 0.2) is 0 Å². The van der Waals surface area contributed by atoms with E-state index in [2.05, 4.69) is 15.4 Å². The van der Waals surface area contributed by atoms with Gasteiger partial charge in [0.25, 0.3) is 5.91 Å². The van der Waals surface area contributed by atoms with E-state index in [9.17, 15) is 14.7 Å². The normalized spacial score (nSPS) is 22.7. The predicted octanol–water partition coefficient (Wildman–Crippen LogP) is 2.00. The van der Waals surface area contributed by atoms with Gasteiger partial charge >= 0.3 is 0 Å². The van der Waals surface area contributed by atoms with Crippen LogP contribution in [0.2, 0.25) is 0 Å². The summed E-state index contributed by atoms with van der Waals surface area (Å²) in [6.07, 6.45) is 6.74. The van der Waals surface area contributed by atoms with Crippen LogP contribution in [0.1, 0.15) is 33.9 Å². The molecule has 3 aromatic rings. The second-order valence-corrected chi connectivity index (χ2v) is 7.50. The minimum atomic E-state index is -0.889. The fourth-order valence-corrected chi connectivity index (χ4v) is 4.66. The van der Waals surface area contributed by atoms with Gasteiger partial charge in [0.05, 0.1) is 24.0 Å². The average Bonchev–Trinajstić information content (AvgIpc) is 3.39. The molecule has 2 amide bonds. The van der Waals surface area contributed by atoms with Gasteiger partial charge in [-0.05, 0) is 24.1 Å². The number of rotatable bonds is 2. The zero-order chi connectivity index (χ0) is 20.2. The molecule has 8 nitrogen and oxygen atoms in total. The van der Waals surface area contributed by atoms with Crippen LogP contribution in [0.4, 0.5) is 5.69 Å². The van der Waals surface area contributed by atoms with Crippen LogP contribution in [-0.2, 0) is 17.3 Å². The topological polar surface area (TPSA) is 100 Å². The molecule has 2 aliphatic heterocycles. The van der Waals surface area contributed by atoms with Crippen molar-refractivity contribution in [1.29, 1.82) is 0 Å². The summed E-state index contributed by atoms with van der Waals surface area (Å²) in [6, 6.07) is 8.49. The van der Waals surface area contributed by atoms with E-state index in [0.717, 1.165) is 16.8 Å². The second-order valence-electron chi connectivity index (χ2n) is 7.50. The number of aryl methyl sites for hydroxylation is 1. The molecule has 1 fully saturated rings. The molecule has 2 aliphatic rings. The van der Waals surface area contributed by atoms with Crippen LogP contribution in [0.3, 0.4) is 0 Å². The molecule has 2 atom stereocenters. The Kier molecular flexibility index (Phi) is 3.70. The van der Waals surface area contributed by atoms with Crippen molar-refractivity contribution in [3.05, 3.63) is 71.8 Å². The SMILES string of the molecule is Cn1cc([C@@H]2N(C(=O)c3cncc(O)c3)CC[C@]23C(=O)Nc2ccccc23)cn1. The number of aromatic nitrogens is 3. The summed E-state index contributed by atoms with van der Waals surface area (Å²) in [6.45, 7) is 0.399. The van der Waals surface area contributed by atoms with Gasteiger partial charge in [-0.2, -0.15) is 5.10 Å². The van der Waals surface area contributed by atoms with Crippen molar-refractivity contribution in [2.75, 3.05) is 11.9 Å². The van der Waals surface area contributed by atoms with Crippen LogP contribution < -0.4 is 5.32 Å². The average molecular weight is 389 g/mol. The van der Waals surface area contributed by atoms with E-state index in [1.165, 1.54) is 18.5 Å². The zero-order valence-corrected chi connectivity index (χ0v) is 15.7. The van der Waals surface area contributed by atoms with Crippen LogP contribution in [0.25, 0.3) is 0 Å². The number of carbonyl (C=O) groups is 2. The number of nitrogens with one attached hydrogen (secondary N) is 1. The summed E-state index contributed by atoms with van der Waals surface area (Å²) in [7, 11) is 1.80. The van der Waals surface area contributed by atoms with E-state index >= 15 is 0 Å². The number of hydrogen-bond acceptors (Lipinski definition) is 5. The van der Waals surface area contributed by atoms with E-state index in [-0.39, 0.29) is 23.1 Å². The smallest absolute Gasteiger partial charge is 0.256 e. The quantitative estimate of drug-likeness (QED) is 0.698. The fourth-order valence-electron chi connectivity index (χ4n) is 4.66. The molecule has 5 rings (SSSR count). The van der Waals surface area contributed by atoms with E-state index in [4.69, 9.17) is 0 Å². The van der Waals surface area contributed by atoms with E-state index in [1.807, 2.05) is 30.5 Å². The first-order chi connectivity index (χ1) is 14.0. The maximum atomic E-state index is 13.4. The van der Waals surface area contributed by atoms with Gasteiger partial charge in [0, 0.05) is 37.2 Å². The highest BCUT2D eigenvalue weighted by atomic mass is 16.3. The van der Waals surface area contributed by atoms with Crippen molar-refractivity contribution in [2.24, 2.45) is 7.05 Å². The standard InChI is InChI=1S/C21H19N5O3/c1-25-12-14(10-23-25)18-21(16-4-2-3-5-17(16)24-20(21)29)6-7-26(18)19(28)13-8-15(27)11-22-9-13/h2-5,8-12,18,27H,6-7H2,1H3,(H,24,29)/t18-,21+/m0/s1. The molecule has 0 radical (unpaired) electrons. The van der Waals surface area contributed by atoms with Gasteiger partial charge in [-0.25, -0.2) is 0 Å². The maximum Gasteiger partial charge on any atom is 0.256 e. The summed E-state index contributed by atoms with van der Waals surface area (Å²) in [5, 5.41) is 17.0. The van der Waals surface area contributed by atoms with Gasteiger partial charge < -0.3 is 15.3 Å². The molecule has 0 unspecified atom stereocenters. The molecule has 1 spiro atoms. The lowest BCUT2D eigenvalue weighted by molar-refractivity contribution is -0.121. The molecule has 8 heteroatoms. The van der Waals surface area contributed by atoms with Gasteiger partial charge in [-0.15, -0.1) is 0 Å². The molecule has 2 N–H and O–H groups in total. The number of benzene rings is 1. The minimum absolute atomic E-state index is 0.0772. The van der Waals surface area contributed by atoms with Gasteiger partial charge in [-0.3, -0.25) is 19.3 Å². The number of likely N-dealkylation sites (tertiary alicyclic amines) is 1. The van der Waals surface area contributed by atoms with E-state index in [1.54, 1.807) is 22.8 Å². The summed E-state index contributed by atoms with van der Waals surface area (Å²) in [5.41, 5.74) is 1.85. The van der Waals surface area contributed by atoms with E-state index < -0.39 is 11.5 Å². The molecule has 1 aromatic carbocycles. The molecule has 0 bridgehead atoms. The molecule has 0 aliphatic carbocycles. The van der Waals surface area contributed by atoms with Crippen molar-refractivity contribution >= 4 is 17.5 Å². The predicted molar refractivity (Wildman–Crippen MR) is 104 cm³/mol. The highest BCUT2D eigenvalue weighted by Gasteiger charge is 2.59. The lowest BCUT2D eigenvalue weighted by Gasteiger charge is -2.33. The maximum absolute atomic E-state index is 13.4. The van der Waals surface area contributed by atoms with Crippen molar-refractivity contribution < 1.29 is 14.7 Å². The largest absolute Gasteiger partial charge is 0.506 e. The number of nitrogens with zero attached hydrogens (tertiary/aromatic N) is 4. The fraction of sp³-hybridized carbons (Fsp3) is 0.238. The monoisotopic (exact) mass is 389 g/mol. The number of amides is 2. The van der Waals surface area contributed by atoms with Crippen LogP contribution in [0.15, 0.2) is 55.1 Å². The molecule has 4 heterocycles. The summed E-state index contributed by atoms with van der Waals surface area (Å²) >= 11 is 0. The van der Waals surface area contributed by atoms with Crippen molar-refractivity contribution in [3.8, 4) is 5.75 Å². The number of pyridine rings is 1. The number of hydrogen-bond donors (Lipinski definition) is 2. The van der Waals surface area contributed by atoms with Crippen molar-refractivity contribution in [3.63, 3.8) is 0 Å². The van der Waals surface area contributed by atoms with Crippen LogP contribution >= 0.6 is 0 Å². The molecule has 29 heavy (non-hydrogen) atoms. The lowest BCUT2D eigenvalue weighted by atomic mass is 9.73. The van der Waals surface area contributed by atoms with Gasteiger partial charge in [-0.1, -0.05) is 18.2 Å². The highest BCUT2D eigenvalue weighted by Crippen LogP contribution is 2.54. The first-order valence-corrected chi connectivity index (χ1v) is 9.35. The third-order valence-electron chi connectivity index (χ3n) is 5.86. The Bertz CT molecular complexity index is 1140. The lowest BCUT2D eigenvalue weighted by Crippen LogP contribution is -2.42. The Morgan fingerprint density at radius 1 is 1.28 bits per heavy atom. The minimum Gasteiger partial charge on any atom is -0.506 e. The van der Waals surface area contributed by atoms with Crippen LogP contribution in [0.5, 0.6) is 5.75 Å². The molecule has 2 aromatic heterocycles. The zero-order valence-electron chi connectivity index (χ0n) is 15.7. The highest BCUT2D eigenvalue weighted by molar-refractivity contribution is 6.08. The van der Waals surface area contributed by atoms with Crippen molar-refractivity contribution in [2.45, 2.75) is 17.9 Å². The van der Waals surface area contributed by atoms with Gasteiger partial charge in [0.1, 0.15) is 11.2 Å². The Labute approximate surface area is 166 Å². The summed E-state index contributed by atoms with van der Waals surface area (Å²) in [4.78, 5) is 32.3. The first kappa shape index (κ1) is 17.4. The Morgan fingerprint density at radius 2 is 2.10 bits per heavy atom. The van der Waals surface area contributed by atoms with Crippen LogP contribution in [0, 0.1) is 0 Å². The molecule has 1 saturated heterocycles. The van der Waals surface area contributed by atoms with Gasteiger partial charge in [0.2, 0.25) is 5.91 Å². The first-order valence-electron chi connectivity index (χ1n) is 9.35. The van der Waals surface area contributed by atoms with Crippen LogP contribution in [-0.4, -0.2) is 43.1 Å². The molecule has 146 valence electrons. The summed E-state index contributed by atoms with van der Waals surface area (Å²) in [5.74, 6) is -0.472. The molecular formula is C21H19N5O3. The Morgan fingerprint density at radius 3 is 2.86 bits per heavy atom. The summed E-state index contributed by atoms with van der Waals surface area (Å²) < 4.78 is 1.67. The number of para-hydroxylation sites is 1. The Hall–Kier alpha value is -3.68. The molecular weight excluding hydrogens is 370 g/mol. The third kappa shape index (κ3) is 2.45. The number of anilines is 1. The Balaban J connectivity index is 1.66. The number of aromatic hydroxyl groups is 1. The third-order valence-corrected chi connectivity index (χ3v) is 5.86. The molecule has 0 saturated carbocycles. The number of fused-ring (bicyclic) bond motifs is 2. The second kappa shape index (κ2) is 6.16. The van der Waals surface area contributed by atoms with E-state index in [0.29, 0.717) is 13.0 Å². The number of carbonyl (C=O) groups excluding carboxylic acids is 2. The van der Waals surface area contributed by atoms with Crippen molar-refractivity contribution in [1.82, 2.24) is 19.7 Å².